The third-order valence-corrected chi connectivity index (χ3v) is 15.8. The molecule has 0 atom stereocenters. The van der Waals surface area contributed by atoms with Crippen LogP contribution in [-0.2, 0) is 42.3 Å². The first-order valence-electron chi connectivity index (χ1n) is 32.1. The molecule has 468 valence electrons. The minimum Gasteiger partial charge on any atom is -0.351 e. The lowest BCUT2D eigenvalue weighted by atomic mass is 10.0. The van der Waals surface area contributed by atoms with E-state index in [9.17, 15) is 0 Å². The van der Waals surface area contributed by atoms with E-state index in [1.165, 1.54) is 143 Å². The van der Waals surface area contributed by atoms with Gasteiger partial charge in [-0.2, -0.15) is 0 Å². The van der Waals surface area contributed by atoms with Crippen LogP contribution >= 0.6 is 0 Å². The van der Waals surface area contributed by atoms with Crippen LogP contribution in [0.1, 0.15) is 161 Å². The first kappa shape index (κ1) is 76.6. The summed E-state index contributed by atoms with van der Waals surface area (Å²) in [5.74, 6) is 0. The summed E-state index contributed by atoms with van der Waals surface area (Å²) in [6.07, 6.45) is 12.7. The van der Waals surface area contributed by atoms with Gasteiger partial charge < -0.3 is 27.4 Å². The van der Waals surface area contributed by atoms with Gasteiger partial charge in [0.2, 0.25) is 0 Å². The minimum atomic E-state index is 1.32. The summed E-state index contributed by atoms with van der Waals surface area (Å²) in [6, 6.07) is 35.1. The van der Waals surface area contributed by atoms with Crippen molar-refractivity contribution >= 4 is 65.4 Å². The maximum absolute atomic E-state index is 2.26. The van der Waals surface area contributed by atoms with Gasteiger partial charge in [0.15, 0.2) is 0 Å². The largest absolute Gasteiger partial charge is 0.351 e. The fourth-order valence-corrected chi connectivity index (χ4v) is 10.8. The summed E-state index contributed by atoms with van der Waals surface area (Å²) >= 11 is 0. The summed E-state index contributed by atoms with van der Waals surface area (Å²) in [6.45, 7) is 54.4. The molecule has 0 N–H and O–H groups in total. The Bertz CT molecular complexity index is 3950. The monoisotopic (exact) mass is 1160 g/mol. The van der Waals surface area contributed by atoms with Crippen LogP contribution in [0.2, 0.25) is 0 Å². The second-order valence-corrected chi connectivity index (χ2v) is 21.2. The zero-order valence-electron chi connectivity index (χ0n) is 60.4. The van der Waals surface area contributed by atoms with Crippen LogP contribution in [0.15, 0.2) is 134 Å². The molecule has 0 aliphatic heterocycles. The summed E-state index contributed by atoms with van der Waals surface area (Å²) in [5, 5.41) is 8.18. The summed E-state index contributed by atoms with van der Waals surface area (Å²) in [5.41, 5.74) is 27.4. The van der Waals surface area contributed by atoms with Crippen molar-refractivity contribution in [2.24, 2.45) is 42.3 Å². The molecule has 0 amide bonds. The fourth-order valence-electron chi connectivity index (χ4n) is 10.8. The molecule has 86 heavy (non-hydrogen) atoms. The standard InChI is InChI=1S/2C12H15N.4C11H13N.6C2H6/c1-8-7-11-5-6-13(4)12(11)10(3)9(8)2;1-8-7-9(2)12-11(10(8)3)5-6-13(12)4;1-8-6-9(2)10-4-5-12(3)11(10)7-8;1-8-4-5-11-10(9(8)2)6-7-12(11)3;1-8-4-5-10-6-7-12(3)11(10)9(8)2;1-8-4-5-9(2)11-10(8)6-7-12(11)3;6*1-2/h2*5-7H,1-4H3;4*4-7H,1-3H3;6*1-2H3. The Morgan fingerprint density at radius 2 is 0.593 bits per heavy atom. The Morgan fingerprint density at radius 1 is 0.209 bits per heavy atom. The van der Waals surface area contributed by atoms with Crippen molar-refractivity contribution in [2.75, 3.05) is 0 Å². The van der Waals surface area contributed by atoms with E-state index >= 15 is 0 Å². The smallest absolute Gasteiger partial charge is 0.0510 e. The third kappa shape index (κ3) is 18.5. The molecule has 12 aromatic rings. The fraction of sp³-hybridized carbons (Fsp3) is 0.400. The van der Waals surface area contributed by atoms with Crippen LogP contribution in [-0.4, -0.2) is 27.4 Å². The van der Waals surface area contributed by atoms with Crippen molar-refractivity contribution in [3.8, 4) is 0 Å². The van der Waals surface area contributed by atoms with Gasteiger partial charge in [-0.3, -0.25) is 0 Å². The molecule has 6 heterocycles. The van der Waals surface area contributed by atoms with Crippen LogP contribution in [0.5, 0.6) is 0 Å². The van der Waals surface area contributed by atoms with Gasteiger partial charge in [-0.1, -0.05) is 126 Å². The molecule has 0 aliphatic carbocycles. The number of fused-ring (bicyclic) bond motifs is 6. The lowest BCUT2D eigenvalue weighted by molar-refractivity contribution is 0.962. The van der Waals surface area contributed by atoms with Crippen molar-refractivity contribution in [2.45, 2.75) is 180 Å². The number of benzene rings is 6. The lowest BCUT2D eigenvalue weighted by Crippen LogP contribution is -1.92. The lowest BCUT2D eigenvalue weighted by Gasteiger charge is -2.08. The Morgan fingerprint density at radius 3 is 1.15 bits per heavy atom. The van der Waals surface area contributed by atoms with Gasteiger partial charge in [-0.15, -0.1) is 0 Å². The molecule has 0 radical (unpaired) electrons. The maximum atomic E-state index is 2.26. The molecule has 0 unspecified atom stereocenters. The number of rotatable bonds is 0. The molecule has 0 spiro atoms. The average Bonchev–Trinajstić information content (AvgIpc) is 3.26. The Hall–Kier alpha value is -7.44. The van der Waals surface area contributed by atoms with Crippen molar-refractivity contribution in [3.05, 3.63) is 212 Å². The first-order valence-corrected chi connectivity index (χ1v) is 32.1. The highest BCUT2D eigenvalue weighted by Gasteiger charge is 2.09. The summed E-state index contributed by atoms with van der Waals surface area (Å²) in [7, 11) is 12.6. The van der Waals surface area contributed by atoms with Crippen LogP contribution in [0.3, 0.4) is 0 Å². The Labute approximate surface area is 524 Å². The topological polar surface area (TPSA) is 29.6 Å². The van der Waals surface area contributed by atoms with Gasteiger partial charge in [-0.05, 0) is 235 Å². The normalized spacial score (nSPS) is 9.86. The van der Waals surface area contributed by atoms with E-state index in [1.807, 2.05) is 83.1 Å². The van der Waals surface area contributed by atoms with E-state index in [2.05, 4.69) is 301 Å². The third-order valence-electron chi connectivity index (χ3n) is 15.8. The molecular weight excluding hydrogens is 1040 g/mol. The van der Waals surface area contributed by atoms with Gasteiger partial charge in [0.1, 0.15) is 0 Å². The zero-order chi connectivity index (χ0) is 66.0. The molecule has 6 aromatic heterocycles. The quantitative estimate of drug-likeness (QED) is 0.145. The molecule has 0 aliphatic rings. The van der Waals surface area contributed by atoms with Crippen molar-refractivity contribution in [1.82, 2.24) is 27.4 Å². The second-order valence-electron chi connectivity index (χ2n) is 21.2. The molecule has 0 saturated carbocycles. The SMILES string of the molecule is CC.CC.CC.CC.CC.CC.Cc1cc(C)c2c(ccn2C)c1C.Cc1cc(C)c2ccn(C)c2c1.Cc1cc2ccn(C)c2c(C)c1C.Cc1ccc(C)c2c1ccn2C.Cc1ccc2c(ccn2C)c1C.Cc1ccc2ccn(C)c2c1C. The number of aryl methyl sites for hydroxylation is 19. The van der Waals surface area contributed by atoms with Crippen molar-refractivity contribution in [1.29, 1.82) is 0 Å². The van der Waals surface area contributed by atoms with E-state index in [0.717, 1.165) is 0 Å². The zero-order valence-corrected chi connectivity index (χ0v) is 60.4. The number of hydrogen-bond acceptors (Lipinski definition) is 0. The minimum absolute atomic E-state index is 1.32. The molecule has 12 rings (SSSR count). The second kappa shape index (κ2) is 37.2. The highest BCUT2D eigenvalue weighted by atomic mass is 14.9. The first-order chi connectivity index (χ1) is 41.0. The maximum Gasteiger partial charge on any atom is 0.0510 e. The van der Waals surface area contributed by atoms with Gasteiger partial charge >= 0.3 is 0 Å². The molecule has 6 nitrogen and oxygen atoms in total. The number of hydrogen-bond donors (Lipinski definition) is 0. The van der Waals surface area contributed by atoms with Crippen LogP contribution < -0.4 is 0 Å². The van der Waals surface area contributed by atoms with Crippen molar-refractivity contribution in [3.63, 3.8) is 0 Å². The molecule has 0 fully saturated rings. The predicted octanol–water partition coefficient (Wildman–Crippen LogP) is 23.5. The highest BCUT2D eigenvalue weighted by Crippen LogP contribution is 2.28. The molecule has 6 aromatic carbocycles. The summed E-state index contributed by atoms with van der Waals surface area (Å²) in [4.78, 5) is 0. The van der Waals surface area contributed by atoms with Gasteiger partial charge in [0, 0.05) is 117 Å². The predicted molar refractivity (Wildman–Crippen MR) is 392 cm³/mol. The van der Waals surface area contributed by atoms with Crippen LogP contribution in [0, 0.1) is 96.9 Å². The van der Waals surface area contributed by atoms with E-state index in [0.29, 0.717) is 0 Å². The van der Waals surface area contributed by atoms with E-state index in [4.69, 9.17) is 0 Å². The number of aromatic nitrogens is 6. The Kier molecular flexibility index (Phi) is 33.1. The van der Waals surface area contributed by atoms with E-state index in [-0.39, 0.29) is 0 Å². The van der Waals surface area contributed by atoms with E-state index in [1.54, 1.807) is 0 Å². The number of nitrogens with zero attached hydrogens (tertiary/aromatic N) is 6. The molecule has 0 bridgehead atoms. The van der Waals surface area contributed by atoms with Gasteiger partial charge in [0.25, 0.3) is 0 Å². The Balaban J connectivity index is 0.000000498. The van der Waals surface area contributed by atoms with Crippen molar-refractivity contribution < 1.29 is 0 Å². The highest BCUT2D eigenvalue weighted by molar-refractivity contribution is 5.89. The van der Waals surface area contributed by atoms with E-state index < -0.39 is 0 Å². The van der Waals surface area contributed by atoms with Gasteiger partial charge in [0.05, 0.1) is 22.1 Å². The van der Waals surface area contributed by atoms with Crippen LogP contribution in [0.4, 0.5) is 0 Å². The van der Waals surface area contributed by atoms with Gasteiger partial charge in [-0.25, -0.2) is 0 Å². The van der Waals surface area contributed by atoms with Crippen LogP contribution in [0.25, 0.3) is 65.4 Å². The molecular formula is C80H118N6. The average molecular weight is 1160 g/mol. The molecule has 6 heteroatoms. The summed E-state index contributed by atoms with van der Waals surface area (Å²) < 4.78 is 13.1. The molecule has 0 saturated heterocycles.